The molecule has 0 amide bonds. The van der Waals surface area contributed by atoms with Crippen LogP contribution in [0.3, 0.4) is 0 Å². The van der Waals surface area contributed by atoms with Gasteiger partial charge in [0.2, 0.25) is 18.3 Å². The lowest BCUT2D eigenvalue weighted by Crippen LogP contribution is -2.30. The number of carbonyl (C=O) groups excluding carboxylic acids is 2. The largest absolute Gasteiger partial charge is 0.493 e. The lowest BCUT2D eigenvalue weighted by molar-refractivity contribution is -0.135. The number of rotatable bonds is 5. The zero-order valence-electron chi connectivity index (χ0n) is 16.5. The van der Waals surface area contributed by atoms with Crippen molar-refractivity contribution in [3.8, 4) is 28.7 Å². The Labute approximate surface area is 170 Å². The fraction of sp³-hybridized carbons (Fsp3) is 0.350. The van der Waals surface area contributed by atoms with Crippen molar-refractivity contribution in [3.05, 3.63) is 39.3 Å². The van der Waals surface area contributed by atoms with Crippen LogP contribution in [-0.2, 0) is 9.53 Å². The first-order valence-corrected chi connectivity index (χ1v) is 9.17. The average molecular weight is 417 g/mol. The number of aromatic amines is 1. The molecule has 0 fully saturated rings. The van der Waals surface area contributed by atoms with Crippen LogP contribution in [0.4, 0.5) is 0 Å². The fourth-order valence-corrected chi connectivity index (χ4v) is 3.66. The van der Waals surface area contributed by atoms with Crippen LogP contribution in [0.1, 0.15) is 40.7 Å². The maximum atomic E-state index is 12.7. The first-order valence-electron chi connectivity index (χ1n) is 9.17. The first kappa shape index (κ1) is 19.6. The Bertz CT molecular complexity index is 1090. The average Bonchev–Trinajstić information content (AvgIpc) is 3.22. The van der Waals surface area contributed by atoms with Gasteiger partial charge in [-0.3, -0.25) is 9.59 Å². The van der Waals surface area contributed by atoms with E-state index in [0.29, 0.717) is 28.6 Å². The molecule has 0 saturated carbocycles. The molecule has 0 aliphatic carbocycles. The van der Waals surface area contributed by atoms with Crippen LogP contribution in [0.15, 0.2) is 17.1 Å². The molecule has 2 aliphatic rings. The molecule has 158 valence electrons. The number of nitrogens with one attached hydrogen (secondary N) is 1. The number of hydrogen-bond acceptors (Lipinski definition) is 9. The second kappa shape index (κ2) is 7.62. The predicted octanol–water partition coefficient (Wildman–Crippen LogP) is 1.74. The lowest BCUT2D eigenvalue weighted by atomic mass is 9.85. The highest BCUT2D eigenvalue weighted by Crippen LogP contribution is 2.53. The van der Waals surface area contributed by atoms with E-state index in [1.807, 2.05) is 0 Å². The van der Waals surface area contributed by atoms with E-state index in [4.69, 9.17) is 28.4 Å². The summed E-state index contributed by atoms with van der Waals surface area (Å²) in [5.74, 6) is -0.895. The highest BCUT2D eigenvalue weighted by Gasteiger charge is 2.39. The van der Waals surface area contributed by atoms with Crippen LogP contribution >= 0.6 is 0 Å². The molecule has 4 rings (SSSR count). The van der Waals surface area contributed by atoms with Crippen LogP contribution in [-0.4, -0.2) is 44.5 Å². The highest BCUT2D eigenvalue weighted by atomic mass is 16.7. The molecule has 30 heavy (non-hydrogen) atoms. The van der Waals surface area contributed by atoms with Gasteiger partial charge in [0.15, 0.2) is 17.2 Å². The molecule has 10 heteroatoms. The van der Waals surface area contributed by atoms with Crippen molar-refractivity contribution in [2.75, 3.05) is 27.6 Å². The Morgan fingerprint density at radius 3 is 2.63 bits per heavy atom. The Morgan fingerprint density at radius 2 is 1.93 bits per heavy atom. The van der Waals surface area contributed by atoms with Gasteiger partial charge in [-0.1, -0.05) is 0 Å². The Morgan fingerprint density at radius 1 is 1.17 bits per heavy atom. The molecule has 0 saturated heterocycles. The molecular formula is C20H19NO9. The number of pyridine rings is 1. The number of aromatic nitrogens is 1. The molecule has 0 bridgehead atoms. The van der Waals surface area contributed by atoms with Gasteiger partial charge in [0.1, 0.15) is 5.56 Å². The van der Waals surface area contributed by atoms with Gasteiger partial charge < -0.3 is 33.4 Å². The topological polar surface area (TPSA) is 122 Å². The van der Waals surface area contributed by atoms with Gasteiger partial charge in [-0.15, -0.1) is 0 Å². The molecule has 1 aromatic heterocycles. The number of benzene rings is 1. The standard InChI is InChI=1S/C20H19NO9/c1-4-27-20(24)11-7-21-19(23)14-9(6-13(22)30-15(11)14)10-5-12(25-2)17-18(16(10)26-3)29-8-28-17/h5,7,9H,4,6,8H2,1-3H3,(H,21,23)/t9-/m1/s1. The Hall–Kier alpha value is -3.69. The first-order chi connectivity index (χ1) is 14.5. The monoisotopic (exact) mass is 417 g/mol. The van der Waals surface area contributed by atoms with Gasteiger partial charge in [0, 0.05) is 17.7 Å². The van der Waals surface area contributed by atoms with E-state index in [-0.39, 0.29) is 36.7 Å². The van der Waals surface area contributed by atoms with E-state index in [2.05, 4.69) is 4.98 Å². The molecule has 2 aliphatic heterocycles. The van der Waals surface area contributed by atoms with Crippen molar-refractivity contribution in [3.63, 3.8) is 0 Å². The number of carbonyl (C=O) groups is 2. The second-order valence-corrected chi connectivity index (χ2v) is 6.49. The van der Waals surface area contributed by atoms with Crippen LogP contribution in [0, 0.1) is 0 Å². The number of ether oxygens (including phenoxy) is 6. The molecule has 0 radical (unpaired) electrons. The van der Waals surface area contributed by atoms with Gasteiger partial charge in [0.25, 0.3) is 5.56 Å². The van der Waals surface area contributed by atoms with Crippen molar-refractivity contribution in [2.24, 2.45) is 0 Å². The minimum absolute atomic E-state index is 0.0254. The van der Waals surface area contributed by atoms with E-state index >= 15 is 0 Å². The Kier molecular flexibility index (Phi) is 4.98. The minimum atomic E-state index is -0.780. The summed E-state index contributed by atoms with van der Waals surface area (Å²) in [7, 11) is 2.90. The summed E-state index contributed by atoms with van der Waals surface area (Å²) >= 11 is 0. The summed E-state index contributed by atoms with van der Waals surface area (Å²) < 4.78 is 32.2. The molecular weight excluding hydrogens is 398 g/mol. The molecule has 1 atom stereocenters. The smallest absolute Gasteiger partial charge is 0.343 e. The summed E-state index contributed by atoms with van der Waals surface area (Å²) in [5.41, 5.74) is 0.0211. The van der Waals surface area contributed by atoms with Crippen LogP contribution in [0.2, 0.25) is 0 Å². The molecule has 0 unspecified atom stereocenters. The molecule has 3 heterocycles. The summed E-state index contributed by atoms with van der Waals surface area (Å²) in [4.78, 5) is 40.0. The molecule has 2 aromatic rings. The number of esters is 2. The second-order valence-electron chi connectivity index (χ2n) is 6.49. The van der Waals surface area contributed by atoms with E-state index in [9.17, 15) is 14.4 Å². The van der Waals surface area contributed by atoms with Crippen molar-refractivity contribution in [1.29, 1.82) is 0 Å². The maximum absolute atomic E-state index is 12.7. The maximum Gasteiger partial charge on any atom is 0.343 e. The number of methoxy groups -OCH3 is 2. The molecule has 1 N–H and O–H groups in total. The number of H-pyrrole nitrogens is 1. The van der Waals surface area contributed by atoms with Gasteiger partial charge >= 0.3 is 11.9 Å². The van der Waals surface area contributed by atoms with Crippen LogP contribution < -0.4 is 29.2 Å². The van der Waals surface area contributed by atoms with Gasteiger partial charge in [-0.25, -0.2) is 4.79 Å². The number of fused-ring (bicyclic) bond motifs is 2. The van der Waals surface area contributed by atoms with Gasteiger partial charge in [-0.2, -0.15) is 0 Å². The quantitative estimate of drug-likeness (QED) is 0.725. The summed E-state index contributed by atoms with van der Waals surface area (Å²) in [6.07, 6.45) is 1.02. The third kappa shape index (κ3) is 3.00. The summed E-state index contributed by atoms with van der Waals surface area (Å²) in [6, 6.07) is 1.62. The predicted molar refractivity (Wildman–Crippen MR) is 101 cm³/mol. The van der Waals surface area contributed by atoms with E-state index in [1.54, 1.807) is 13.0 Å². The zero-order valence-corrected chi connectivity index (χ0v) is 16.5. The van der Waals surface area contributed by atoms with Crippen molar-refractivity contribution < 1.29 is 38.0 Å². The minimum Gasteiger partial charge on any atom is -0.493 e. The van der Waals surface area contributed by atoms with E-state index in [1.165, 1.54) is 20.4 Å². The van der Waals surface area contributed by atoms with Gasteiger partial charge in [0.05, 0.1) is 32.8 Å². The molecule has 0 spiro atoms. The zero-order chi connectivity index (χ0) is 21.4. The van der Waals surface area contributed by atoms with Crippen LogP contribution in [0.25, 0.3) is 0 Å². The molecule has 1 aromatic carbocycles. The van der Waals surface area contributed by atoms with Crippen molar-refractivity contribution in [1.82, 2.24) is 4.98 Å². The highest BCUT2D eigenvalue weighted by molar-refractivity contribution is 5.95. The van der Waals surface area contributed by atoms with Gasteiger partial charge in [-0.05, 0) is 13.0 Å². The normalized spacial score (nSPS) is 16.5. The third-order valence-electron chi connectivity index (χ3n) is 4.90. The van der Waals surface area contributed by atoms with Crippen molar-refractivity contribution in [2.45, 2.75) is 19.3 Å². The summed E-state index contributed by atoms with van der Waals surface area (Å²) in [6.45, 7) is 1.74. The summed E-state index contributed by atoms with van der Waals surface area (Å²) in [5, 5.41) is 0. The SMILES string of the molecule is CCOC(=O)c1c[nH]c(=O)c2c1OC(=O)C[C@@H]2c1cc(OC)c2c(c1OC)OCO2. The lowest BCUT2D eigenvalue weighted by Gasteiger charge is -2.27. The third-order valence-corrected chi connectivity index (χ3v) is 4.90. The number of hydrogen-bond donors (Lipinski definition) is 1. The fourth-order valence-electron chi connectivity index (χ4n) is 3.66. The Balaban J connectivity index is 1.95. The van der Waals surface area contributed by atoms with E-state index in [0.717, 1.165) is 0 Å². The molecule has 10 nitrogen and oxygen atoms in total. The van der Waals surface area contributed by atoms with Crippen molar-refractivity contribution >= 4 is 11.9 Å². The van der Waals surface area contributed by atoms with E-state index < -0.39 is 23.4 Å². The van der Waals surface area contributed by atoms with Crippen LogP contribution in [0.5, 0.6) is 28.7 Å².